The molecule has 1 aliphatic heterocycles. The summed E-state index contributed by atoms with van der Waals surface area (Å²) >= 11 is 0. The summed E-state index contributed by atoms with van der Waals surface area (Å²) in [5.74, 6) is 3.52. The minimum Gasteiger partial charge on any atom is -0.487 e. The van der Waals surface area contributed by atoms with Gasteiger partial charge >= 0.3 is 5.97 Å². The summed E-state index contributed by atoms with van der Waals surface area (Å²) in [6.07, 6.45) is 3.84. The fourth-order valence-corrected chi connectivity index (χ4v) is 7.56. The van der Waals surface area contributed by atoms with Gasteiger partial charge in [-0.25, -0.2) is 9.97 Å². The van der Waals surface area contributed by atoms with Gasteiger partial charge in [0.1, 0.15) is 47.6 Å². The second kappa shape index (κ2) is 20.5. The number of carbonyl (C=O) groups is 1. The van der Waals surface area contributed by atoms with Crippen LogP contribution in [-0.2, 0) is 37.4 Å². The number of carboxylic acid groups (broad SMARTS) is 1. The molecule has 0 spiro atoms. The quantitative estimate of drug-likeness (QED) is 0.102. The van der Waals surface area contributed by atoms with Gasteiger partial charge in [0, 0.05) is 30.8 Å². The number of likely N-dealkylation sites (tertiary alicyclic amines) is 1. The molecule has 2 aromatic heterocycles. The number of ether oxygens (including phenoxy) is 2. The average molecular weight is 804 g/mol. The van der Waals surface area contributed by atoms with Gasteiger partial charge in [0.2, 0.25) is 11.8 Å². The smallest absolute Gasteiger partial charge is 0.308 e. The van der Waals surface area contributed by atoms with Crippen molar-refractivity contribution in [3.8, 4) is 34.4 Å². The Morgan fingerprint density at radius 2 is 1.13 bits per heavy atom. The molecule has 1 N–H and O–H groups in total. The minimum absolute atomic E-state index is 0.125. The molecule has 60 heavy (non-hydrogen) atoms. The van der Waals surface area contributed by atoms with Crippen LogP contribution in [0.25, 0.3) is 22.9 Å². The van der Waals surface area contributed by atoms with E-state index in [4.69, 9.17) is 18.3 Å². The average Bonchev–Trinajstić information content (AvgIpc) is 3.99. The van der Waals surface area contributed by atoms with Gasteiger partial charge in [-0.05, 0) is 104 Å². The van der Waals surface area contributed by atoms with Gasteiger partial charge in [-0.15, -0.1) is 0 Å². The number of hydrogen-bond acceptors (Lipinski definition) is 8. The Hall–Kier alpha value is -6.45. The molecule has 2 atom stereocenters. The molecule has 1 aliphatic rings. The molecular formula is C51H53N3O6. The van der Waals surface area contributed by atoms with E-state index in [1.807, 2.05) is 123 Å². The first-order valence-electron chi connectivity index (χ1n) is 20.8. The van der Waals surface area contributed by atoms with E-state index in [9.17, 15) is 9.90 Å². The minimum atomic E-state index is -0.699. The van der Waals surface area contributed by atoms with Crippen molar-refractivity contribution in [3.05, 3.63) is 179 Å². The summed E-state index contributed by atoms with van der Waals surface area (Å²) in [6.45, 7) is 8.93. The highest BCUT2D eigenvalue weighted by molar-refractivity contribution is 5.71. The topological polar surface area (TPSA) is 111 Å². The van der Waals surface area contributed by atoms with Gasteiger partial charge in [0.05, 0.1) is 5.92 Å². The van der Waals surface area contributed by atoms with E-state index in [-0.39, 0.29) is 11.8 Å². The largest absolute Gasteiger partial charge is 0.487 e. The first kappa shape index (κ1) is 41.7. The number of aromatic nitrogens is 2. The van der Waals surface area contributed by atoms with E-state index < -0.39 is 5.97 Å². The molecule has 308 valence electrons. The molecule has 0 radical (unpaired) electrons. The van der Waals surface area contributed by atoms with Crippen molar-refractivity contribution in [3.63, 3.8) is 0 Å². The standard InChI is InChI=1S/C31H32N2O4.C20H21NO2/c1-22-29(32-30(37-22)25-12-6-3-7-13-25)21-36-27-14-8-11-23(17-27)15-16-26-19-33(20-28(26)31(34)35)18-24-9-4-2-5-10-24;1-3-8-16-9-7-12-18(13-16)22-14-19-15(2)23-20(21-19)17-10-5-4-6-11-17/h2-14,17,26,28H,15-16,18-21H2,1H3,(H,34,35);4-7,9-13H,3,8,14H2,1-2H3/t26-,28+;/m1./s1. The Bertz CT molecular complexity index is 2410. The maximum Gasteiger partial charge on any atom is 0.308 e. The maximum atomic E-state index is 12.0. The Morgan fingerprint density at radius 3 is 1.63 bits per heavy atom. The van der Waals surface area contributed by atoms with Crippen LogP contribution in [0.2, 0.25) is 0 Å². The Balaban J connectivity index is 0.000000203. The van der Waals surface area contributed by atoms with Gasteiger partial charge in [0.25, 0.3) is 0 Å². The maximum absolute atomic E-state index is 12.0. The molecule has 9 nitrogen and oxygen atoms in total. The fraction of sp³-hybridized carbons (Fsp3) is 0.275. The van der Waals surface area contributed by atoms with Crippen molar-refractivity contribution in [1.82, 2.24) is 14.9 Å². The second-order valence-corrected chi connectivity index (χ2v) is 15.3. The summed E-state index contributed by atoms with van der Waals surface area (Å²) < 4.78 is 23.5. The number of aliphatic carboxylic acids is 1. The van der Waals surface area contributed by atoms with Crippen LogP contribution in [0.1, 0.15) is 59.4 Å². The summed E-state index contributed by atoms with van der Waals surface area (Å²) in [6, 6.07) is 46.3. The van der Waals surface area contributed by atoms with Crippen LogP contribution in [0.4, 0.5) is 0 Å². The molecule has 0 unspecified atom stereocenters. The Kier molecular flexibility index (Phi) is 14.2. The van der Waals surface area contributed by atoms with Crippen molar-refractivity contribution in [2.75, 3.05) is 13.1 Å². The van der Waals surface area contributed by atoms with Crippen molar-refractivity contribution >= 4 is 5.97 Å². The molecule has 1 saturated heterocycles. The molecule has 8 rings (SSSR count). The Morgan fingerprint density at radius 1 is 0.650 bits per heavy atom. The third kappa shape index (κ3) is 11.4. The van der Waals surface area contributed by atoms with E-state index >= 15 is 0 Å². The summed E-state index contributed by atoms with van der Waals surface area (Å²) in [5, 5.41) is 9.82. The predicted octanol–water partition coefficient (Wildman–Crippen LogP) is 11.2. The zero-order valence-electron chi connectivity index (χ0n) is 34.6. The van der Waals surface area contributed by atoms with Crippen LogP contribution < -0.4 is 9.47 Å². The molecule has 9 heteroatoms. The van der Waals surface area contributed by atoms with Crippen LogP contribution in [0.5, 0.6) is 11.5 Å². The van der Waals surface area contributed by atoms with Crippen molar-refractivity contribution in [2.24, 2.45) is 11.8 Å². The summed E-state index contributed by atoms with van der Waals surface area (Å²) in [5.41, 5.74) is 7.19. The number of oxazole rings is 2. The summed E-state index contributed by atoms with van der Waals surface area (Å²) in [4.78, 5) is 23.4. The fourth-order valence-electron chi connectivity index (χ4n) is 7.56. The van der Waals surface area contributed by atoms with Crippen LogP contribution in [0.3, 0.4) is 0 Å². The van der Waals surface area contributed by atoms with Gasteiger partial charge in [-0.2, -0.15) is 0 Å². The van der Waals surface area contributed by atoms with E-state index in [2.05, 4.69) is 52.1 Å². The van der Waals surface area contributed by atoms with Gasteiger partial charge in [-0.3, -0.25) is 9.69 Å². The van der Waals surface area contributed by atoms with E-state index in [1.165, 1.54) is 11.1 Å². The number of hydrogen-bond donors (Lipinski definition) is 1. The van der Waals surface area contributed by atoms with Crippen LogP contribution in [0, 0.1) is 25.7 Å². The molecule has 0 aliphatic carbocycles. The van der Waals surface area contributed by atoms with E-state index in [0.29, 0.717) is 31.5 Å². The SMILES string of the molecule is CCCc1cccc(OCc2nc(-c3ccccc3)oc2C)c1.Cc1oc(-c2ccccc2)nc1COc1cccc(CC[C@@H]2CN(Cc3ccccc3)C[C@@H]2C(=O)O)c1. The van der Waals surface area contributed by atoms with Crippen LogP contribution in [0.15, 0.2) is 148 Å². The van der Waals surface area contributed by atoms with Gasteiger partial charge in [-0.1, -0.05) is 104 Å². The number of carboxylic acids is 1. The predicted molar refractivity (Wildman–Crippen MR) is 234 cm³/mol. The lowest BCUT2D eigenvalue weighted by atomic mass is 9.90. The molecule has 3 heterocycles. The van der Waals surface area contributed by atoms with Crippen LogP contribution in [-0.4, -0.2) is 39.0 Å². The van der Waals surface area contributed by atoms with Crippen molar-refractivity contribution < 1.29 is 28.2 Å². The lowest BCUT2D eigenvalue weighted by molar-refractivity contribution is -0.142. The highest BCUT2D eigenvalue weighted by atomic mass is 16.5. The van der Waals surface area contributed by atoms with E-state index in [1.54, 1.807) is 0 Å². The zero-order valence-corrected chi connectivity index (χ0v) is 34.6. The first-order chi connectivity index (χ1) is 29.3. The number of benzene rings is 5. The third-order valence-corrected chi connectivity index (χ3v) is 10.8. The second-order valence-electron chi connectivity index (χ2n) is 15.3. The summed E-state index contributed by atoms with van der Waals surface area (Å²) in [7, 11) is 0. The molecule has 0 bridgehead atoms. The molecular weight excluding hydrogens is 751 g/mol. The van der Waals surface area contributed by atoms with Crippen molar-refractivity contribution in [2.45, 2.75) is 66.2 Å². The van der Waals surface area contributed by atoms with E-state index in [0.717, 1.165) is 89.9 Å². The monoisotopic (exact) mass is 803 g/mol. The molecule has 0 amide bonds. The lowest BCUT2D eigenvalue weighted by Gasteiger charge is -2.16. The molecule has 0 saturated carbocycles. The molecule has 1 fully saturated rings. The van der Waals surface area contributed by atoms with Crippen molar-refractivity contribution in [1.29, 1.82) is 0 Å². The van der Waals surface area contributed by atoms with Gasteiger partial charge < -0.3 is 23.4 Å². The molecule has 7 aromatic rings. The lowest BCUT2D eigenvalue weighted by Crippen LogP contribution is -2.23. The third-order valence-electron chi connectivity index (χ3n) is 10.8. The molecule has 5 aromatic carbocycles. The van der Waals surface area contributed by atoms with Crippen LogP contribution >= 0.6 is 0 Å². The highest BCUT2D eigenvalue weighted by Crippen LogP contribution is 2.30. The normalized spacial score (nSPS) is 15.0. The Labute approximate surface area is 352 Å². The zero-order chi connectivity index (χ0) is 41.7. The van der Waals surface area contributed by atoms with Gasteiger partial charge in [0.15, 0.2) is 0 Å². The number of nitrogens with zero attached hydrogens (tertiary/aromatic N) is 3. The number of rotatable bonds is 16. The first-order valence-corrected chi connectivity index (χ1v) is 20.8. The number of aryl methyl sites for hydroxylation is 4. The highest BCUT2D eigenvalue weighted by Gasteiger charge is 2.37.